The Hall–Kier alpha value is -3.54. The molecule has 4 rings (SSSR count). The van der Waals surface area contributed by atoms with Crippen LogP contribution in [0, 0.1) is 18.6 Å². The van der Waals surface area contributed by atoms with Crippen molar-refractivity contribution in [2.24, 2.45) is 0 Å². The SMILES string of the molecule is COCC(=O)N1CCN(Cc2cccc(OCCCn3ccnc3C)c2)C[C@@](O)(COc2ccc(F)c(F)c2)C1. The normalized spacial score (nSPS) is 18.0. The van der Waals surface area contributed by atoms with E-state index >= 15 is 0 Å². The molecule has 2 aromatic carbocycles. The predicted molar refractivity (Wildman–Crippen MR) is 144 cm³/mol. The fourth-order valence-corrected chi connectivity index (χ4v) is 4.74. The van der Waals surface area contributed by atoms with Crippen LogP contribution in [0.3, 0.4) is 0 Å². The number of rotatable bonds is 12. The number of nitrogens with zero attached hydrogens (tertiary/aromatic N) is 4. The van der Waals surface area contributed by atoms with E-state index in [1.807, 2.05) is 42.3 Å². The quantitative estimate of drug-likeness (QED) is 0.342. The van der Waals surface area contributed by atoms with Crippen molar-refractivity contribution in [2.45, 2.75) is 32.0 Å². The van der Waals surface area contributed by atoms with Crippen molar-refractivity contribution in [1.82, 2.24) is 19.4 Å². The Morgan fingerprint density at radius 2 is 1.90 bits per heavy atom. The monoisotopic (exact) mass is 558 g/mol. The molecule has 1 atom stereocenters. The van der Waals surface area contributed by atoms with Gasteiger partial charge < -0.3 is 28.8 Å². The second kappa shape index (κ2) is 13.7. The maximum atomic E-state index is 13.7. The molecule has 0 saturated carbocycles. The topological polar surface area (TPSA) is 89.3 Å². The van der Waals surface area contributed by atoms with Crippen molar-refractivity contribution in [3.63, 3.8) is 0 Å². The number of aliphatic hydroxyl groups is 1. The predicted octanol–water partition coefficient (Wildman–Crippen LogP) is 3.04. The molecular formula is C29H36F2N4O5. The molecule has 1 aromatic heterocycles. The van der Waals surface area contributed by atoms with Crippen LogP contribution >= 0.6 is 0 Å². The summed E-state index contributed by atoms with van der Waals surface area (Å²) in [5, 5.41) is 11.6. The molecule has 3 aromatic rings. The number of methoxy groups -OCH3 is 1. The van der Waals surface area contributed by atoms with E-state index in [1.165, 1.54) is 13.2 Å². The van der Waals surface area contributed by atoms with E-state index in [2.05, 4.69) is 9.55 Å². The highest BCUT2D eigenvalue weighted by molar-refractivity contribution is 5.77. The Kier molecular flexibility index (Phi) is 10.1. The van der Waals surface area contributed by atoms with E-state index in [1.54, 1.807) is 11.1 Å². The first-order chi connectivity index (χ1) is 19.2. The molecule has 1 fully saturated rings. The summed E-state index contributed by atoms with van der Waals surface area (Å²) in [6.07, 6.45) is 4.57. The maximum absolute atomic E-state index is 13.7. The van der Waals surface area contributed by atoms with Crippen molar-refractivity contribution in [3.05, 3.63) is 77.9 Å². The van der Waals surface area contributed by atoms with Gasteiger partial charge in [-0.2, -0.15) is 0 Å². The number of halogens is 2. The zero-order valence-corrected chi connectivity index (χ0v) is 22.9. The van der Waals surface area contributed by atoms with Crippen LogP contribution in [0.15, 0.2) is 54.9 Å². The molecule has 1 amide bonds. The minimum Gasteiger partial charge on any atom is -0.494 e. The number of carbonyl (C=O) groups excluding carboxylic acids is 1. The summed E-state index contributed by atoms with van der Waals surface area (Å²) in [4.78, 5) is 20.4. The first kappa shape index (κ1) is 29.4. The molecule has 0 radical (unpaired) electrons. The number of aromatic nitrogens is 2. The number of hydrogen-bond donors (Lipinski definition) is 1. The van der Waals surface area contributed by atoms with Gasteiger partial charge in [0.2, 0.25) is 5.91 Å². The number of ether oxygens (including phenoxy) is 3. The molecular weight excluding hydrogens is 522 g/mol. The lowest BCUT2D eigenvalue weighted by Gasteiger charge is -2.33. The van der Waals surface area contributed by atoms with Gasteiger partial charge >= 0.3 is 0 Å². The van der Waals surface area contributed by atoms with Crippen LogP contribution in [-0.2, 0) is 22.6 Å². The van der Waals surface area contributed by atoms with Crippen molar-refractivity contribution >= 4 is 5.91 Å². The fraction of sp³-hybridized carbons (Fsp3) is 0.448. The van der Waals surface area contributed by atoms with Crippen molar-refractivity contribution in [1.29, 1.82) is 0 Å². The van der Waals surface area contributed by atoms with Gasteiger partial charge in [0.1, 0.15) is 36.1 Å². The molecule has 2 heterocycles. The number of aryl methyl sites for hydroxylation is 2. The highest BCUT2D eigenvalue weighted by atomic mass is 19.2. The summed E-state index contributed by atoms with van der Waals surface area (Å²) in [5.41, 5.74) is -0.479. The van der Waals surface area contributed by atoms with E-state index in [9.17, 15) is 18.7 Å². The smallest absolute Gasteiger partial charge is 0.248 e. The van der Waals surface area contributed by atoms with E-state index in [0.29, 0.717) is 26.2 Å². The van der Waals surface area contributed by atoms with Crippen LogP contribution < -0.4 is 9.47 Å². The van der Waals surface area contributed by atoms with Gasteiger partial charge in [-0.3, -0.25) is 9.69 Å². The molecule has 1 aliphatic heterocycles. The molecule has 1 aliphatic rings. The van der Waals surface area contributed by atoms with E-state index in [0.717, 1.165) is 42.2 Å². The van der Waals surface area contributed by atoms with Crippen LogP contribution in [-0.4, -0.2) is 89.1 Å². The molecule has 0 spiro atoms. The summed E-state index contributed by atoms with van der Waals surface area (Å²) in [6, 6.07) is 11.0. The molecule has 1 saturated heterocycles. The molecule has 40 heavy (non-hydrogen) atoms. The van der Waals surface area contributed by atoms with Gasteiger partial charge in [0.15, 0.2) is 11.6 Å². The number of carbonyl (C=O) groups is 1. The maximum Gasteiger partial charge on any atom is 0.248 e. The van der Waals surface area contributed by atoms with E-state index in [-0.39, 0.29) is 38.0 Å². The van der Waals surface area contributed by atoms with Gasteiger partial charge in [0.05, 0.1) is 13.2 Å². The Morgan fingerprint density at radius 1 is 1.07 bits per heavy atom. The molecule has 11 heteroatoms. The zero-order chi connectivity index (χ0) is 28.5. The summed E-state index contributed by atoms with van der Waals surface area (Å²) in [6.45, 7) is 4.63. The molecule has 0 bridgehead atoms. The summed E-state index contributed by atoms with van der Waals surface area (Å²) in [7, 11) is 1.44. The average molecular weight is 559 g/mol. The third kappa shape index (κ3) is 8.23. The van der Waals surface area contributed by atoms with Crippen LogP contribution in [0.2, 0.25) is 0 Å². The Balaban J connectivity index is 1.39. The Morgan fingerprint density at radius 3 is 2.65 bits per heavy atom. The largest absolute Gasteiger partial charge is 0.494 e. The number of hydrogen-bond acceptors (Lipinski definition) is 7. The third-order valence-electron chi connectivity index (χ3n) is 6.75. The Labute approximate surface area is 232 Å². The summed E-state index contributed by atoms with van der Waals surface area (Å²) < 4.78 is 45.7. The minimum atomic E-state index is -1.47. The van der Waals surface area contributed by atoms with Crippen molar-refractivity contribution in [2.75, 3.05) is 53.1 Å². The molecule has 1 N–H and O–H groups in total. The highest BCUT2D eigenvalue weighted by Crippen LogP contribution is 2.22. The average Bonchev–Trinajstić information content (AvgIpc) is 3.26. The lowest BCUT2D eigenvalue weighted by atomic mass is 10.0. The molecule has 0 unspecified atom stereocenters. The second-order valence-electron chi connectivity index (χ2n) is 10.1. The lowest BCUT2D eigenvalue weighted by molar-refractivity contribution is -0.138. The minimum absolute atomic E-state index is 0.00884. The van der Waals surface area contributed by atoms with E-state index in [4.69, 9.17) is 14.2 Å². The Bertz CT molecular complexity index is 1270. The number of β-amino-alcohol motifs (C(OH)–C–C–N with tert-alkyl or cyclic N) is 1. The van der Waals surface area contributed by atoms with Gasteiger partial charge in [-0.1, -0.05) is 12.1 Å². The standard InChI is InChI=1S/C29H36F2N4O5/c1-22-32-9-11-34(22)10-4-14-39-24-6-3-5-23(15-24)17-33-12-13-35(28(36)18-38-2)20-29(37,19-33)21-40-25-7-8-26(30)27(31)16-25/h3,5-9,11,15-16,37H,4,10,12-14,17-21H2,1-2H3/t29-/m0/s1. The van der Waals surface area contributed by atoms with Gasteiger partial charge in [-0.15, -0.1) is 0 Å². The van der Waals surface area contributed by atoms with Crippen molar-refractivity contribution in [3.8, 4) is 11.5 Å². The van der Waals surface area contributed by atoms with Crippen LogP contribution in [0.25, 0.3) is 0 Å². The first-order valence-corrected chi connectivity index (χ1v) is 13.2. The fourth-order valence-electron chi connectivity index (χ4n) is 4.74. The van der Waals surface area contributed by atoms with Gasteiger partial charge in [0.25, 0.3) is 0 Å². The van der Waals surface area contributed by atoms with Crippen LogP contribution in [0.5, 0.6) is 11.5 Å². The highest BCUT2D eigenvalue weighted by Gasteiger charge is 2.37. The molecule has 0 aliphatic carbocycles. The van der Waals surface area contributed by atoms with Crippen molar-refractivity contribution < 1.29 is 32.9 Å². The summed E-state index contributed by atoms with van der Waals surface area (Å²) in [5.74, 6) is -0.464. The summed E-state index contributed by atoms with van der Waals surface area (Å²) >= 11 is 0. The molecule has 9 nitrogen and oxygen atoms in total. The van der Waals surface area contributed by atoms with Gasteiger partial charge in [-0.25, -0.2) is 13.8 Å². The number of benzene rings is 2. The first-order valence-electron chi connectivity index (χ1n) is 13.2. The lowest BCUT2D eigenvalue weighted by Crippen LogP contribution is -2.52. The third-order valence-corrected chi connectivity index (χ3v) is 6.75. The van der Waals surface area contributed by atoms with Crippen LogP contribution in [0.1, 0.15) is 17.8 Å². The number of amides is 1. The number of imidazole rings is 1. The van der Waals surface area contributed by atoms with Crippen LogP contribution in [0.4, 0.5) is 8.78 Å². The second-order valence-corrected chi connectivity index (χ2v) is 10.1. The van der Waals surface area contributed by atoms with E-state index < -0.39 is 17.2 Å². The van der Waals surface area contributed by atoms with Gasteiger partial charge in [0, 0.05) is 58.3 Å². The van der Waals surface area contributed by atoms with Gasteiger partial charge in [-0.05, 0) is 43.2 Å². The zero-order valence-electron chi connectivity index (χ0n) is 22.9. The molecule has 216 valence electrons.